The summed E-state index contributed by atoms with van der Waals surface area (Å²) < 4.78 is 1.56. The summed E-state index contributed by atoms with van der Waals surface area (Å²) in [5.74, 6) is 0.294. The maximum atomic E-state index is 13.2. The van der Waals surface area contributed by atoms with E-state index < -0.39 is 5.66 Å². The van der Waals surface area contributed by atoms with Gasteiger partial charge in [0.25, 0.3) is 5.91 Å². The largest absolute Gasteiger partial charge is 0.315 e. The Morgan fingerprint density at radius 3 is 2.87 bits per heavy atom. The van der Waals surface area contributed by atoms with Crippen LogP contribution in [0.4, 0.5) is 11.5 Å². The number of benzene rings is 1. The summed E-state index contributed by atoms with van der Waals surface area (Å²) in [6.07, 6.45) is 4.92. The minimum atomic E-state index is -0.703. The summed E-state index contributed by atoms with van der Waals surface area (Å²) in [4.78, 5) is 46.0. The first-order chi connectivity index (χ1) is 15.0. The van der Waals surface area contributed by atoms with Gasteiger partial charge in [-0.2, -0.15) is 9.61 Å². The fourth-order valence-electron chi connectivity index (χ4n) is 4.57. The highest BCUT2D eigenvalue weighted by Crippen LogP contribution is 2.44. The molecule has 2 aromatic heterocycles. The van der Waals surface area contributed by atoms with Gasteiger partial charge in [0, 0.05) is 31.6 Å². The molecule has 0 aliphatic carbocycles. The Bertz CT molecular complexity index is 1200. The summed E-state index contributed by atoms with van der Waals surface area (Å²) in [5.41, 5.74) is 1.14. The van der Waals surface area contributed by atoms with Crippen LogP contribution >= 0.6 is 0 Å². The number of carbonyl (C=O) groups is 3. The first-order valence-electron chi connectivity index (χ1n) is 10.3. The third-order valence-corrected chi connectivity index (χ3v) is 6.09. The van der Waals surface area contributed by atoms with Crippen molar-refractivity contribution < 1.29 is 14.4 Å². The van der Waals surface area contributed by atoms with Crippen LogP contribution in [0.25, 0.3) is 5.65 Å². The SMILES string of the molecule is CC12CCC(=O)N1c1ccccc1C(=O)N2CCCC(=O)Nc1ccnc2ccnn12. The molecule has 1 fully saturated rings. The van der Waals surface area contributed by atoms with Crippen LogP contribution in [0, 0.1) is 0 Å². The van der Waals surface area contributed by atoms with Crippen molar-refractivity contribution >= 4 is 34.9 Å². The van der Waals surface area contributed by atoms with Gasteiger partial charge in [-0.25, -0.2) is 4.98 Å². The lowest BCUT2D eigenvalue weighted by Gasteiger charge is -2.48. The van der Waals surface area contributed by atoms with Crippen molar-refractivity contribution in [1.29, 1.82) is 0 Å². The van der Waals surface area contributed by atoms with Gasteiger partial charge in [0.05, 0.1) is 17.4 Å². The quantitative estimate of drug-likeness (QED) is 0.686. The van der Waals surface area contributed by atoms with Crippen LogP contribution in [0.3, 0.4) is 0 Å². The van der Waals surface area contributed by atoms with Crippen molar-refractivity contribution in [2.75, 3.05) is 16.8 Å². The number of aromatic nitrogens is 3. The van der Waals surface area contributed by atoms with Gasteiger partial charge >= 0.3 is 0 Å². The highest BCUT2D eigenvalue weighted by molar-refractivity contribution is 6.10. The molecular formula is C22H22N6O3. The van der Waals surface area contributed by atoms with E-state index in [9.17, 15) is 14.4 Å². The van der Waals surface area contributed by atoms with Gasteiger partial charge in [0.15, 0.2) is 5.65 Å². The number of fused-ring (bicyclic) bond motifs is 4. The third-order valence-electron chi connectivity index (χ3n) is 6.09. The Balaban J connectivity index is 1.30. The molecule has 3 aromatic rings. The normalized spacial score (nSPS) is 20.2. The lowest BCUT2D eigenvalue weighted by atomic mass is 9.98. The Morgan fingerprint density at radius 1 is 1.16 bits per heavy atom. The van der Waals surface area contributed by atoms with Crippen LogP contribution in [-0.2, 0) is 9.59 Å². The molecule has 158 valence electrons. The maximum absolute atomic E-state index is 13.2. The lowest BCUT2D eigenvalue weighted by molar-refractivity contribution is -0.118. The Kier molecular flexibility index (Phi) is 4.46. The number of hydrogen-bond donors (Lipinski definition) is 1. The molecule has 2 aliphatic heterocycles. The molecule has 2 aliphatic rings. The van der Waals surface area contributed by atoms with Crippen LogP contribution in [0.15, 0.2) is 48.8 Å². The maximum Gasteiger partial charge on any atom is 0.257 e. The molecule has 0 saturated carbocycles. The molecule has 1 unspecified atom stereocenters. The first kappa shape index (κ1) is 19.2. The standard InChI is InChI=1S/C22H22N6O3/c1-22-11-8-20(30)27(22)16-6-3-2-5-15(16)21(31)26(22)14-4-7-19(29)25-18-9-12-23-17-10-13-24-28(17)18/h2-3,5-6,9-10,12-13H,4,7-8,11,14H2,1H3,(H,25,29). The van der Waals surface area contributed by atoms with Gasteiger partial charge in [-0.1, -0.05) is 12.1 Å². The van der Waals surface area contributed by atoms with Crippen molar-refractivity contribution in [3.63, 3.8) is 0 Å². The first-order valence-corrected chi connectivity index (χ1v) is 10.3. The summed E-state index contributed by atoms with van der Waals surface area (Å²) >= 11 is 0. The Morgan fingerprint density at radius 2 is 2.00 bits per heavy atom. The van der Waals surface area contributed by atoms with Crippen molar-refractivity contribution in [1.82, 2.24) is 19.5 Å². The number of hydrogen-bond acceptors (Lipinski definition) is 5. The number of anilines is 2. The van der Waals surface area contributed by atoms with E-state index in [2.05, 4.69) is 15.4 Å². The molecule has 1 N–H and O–H groups in total. The van der Waals surface area contributed by atoms with Crippen LogP contribution in [0.5, 0.6) is 0 Å². The van der Waals surface area contributed by atoms with Crippen molar-refractivity contribution in [2.24, 2.45) is 0 Å². The second-order valence-electron chi connectivity index (χ2n) is 8.00. The van der Waals surface area contributed by atoms with Crippen molar-refractivity contribution in [3.8, 4) is 0 Å². The number of para-hydroxylation sites is 1. The Hall–Kier alpha value is -3.75. The van der Waals surface area contributed by atoms with Crippen LogP contribution in [-0.4, -0.2) is 49.4 Å². The van der Waals surface area contributed by atoms with Gasteiger partial charge in [-0.05, 0) is 38.0 Å². The molecule has 9 nitrogen and oxygen atoms in total. The Labute approximate surface area is 178 Å². The van der Waals surface area contributed by atoms with Gasteiger partial charge < -0.3 is 10.2 Å². The second kappa shape index (κ2) is 7.19. The molecule has 5 rings (SSSR count). The molecule has 1 saturated heterocycles. The van der Waals surface area contributed by atoms with Crippen LogP contribution < -0.4 is 10.2 Å². The molecule has 1 atom stereocenters. The highest BCUT2D eigenvalue weighted by Gasteiger charge is 2.52. The van der Waals surface area contributed by atoms with E-state index in [1.807, 2.05) is 19.1 Å². The zero-order valence-corrected chi connectivity index (χ0v) is 17.1. The predicted octanol–water partition coefficient (Wildman–Crippen LogP) is 2.45. The lowest BCUT2D eigenvalue weighted by Crippen LogP contribution is -2.62. The number of nitrogens with one attached hydrogen (secondary N) is 1. The fraction of sp³-hybridized carbons (Fsp3) is 0.318. The zero-order valence-electron chi connectivity index (χ0n) is 17.1. The van der Waals surface area contributed by atoms with E-state index in [1.54, 1.807) is 51.0 Å². The van der Waals surface area contributed by atoms with Crippen molar-refractivity contribution in [2.45, 2.75) is 38.3 Å². The predicted molar refractivity (Wildman–Crippen MR) is 113 cm³/mol. The van der Waals surface area contributed by atoms with Gasteiger partial charge in [0.1, 0.15) is 11.5 Å². The van der Waals surface area contributed by atoms with E-state index in [4.69, 9.17) is 0 Å². The molecule has 1 aromatic carbocycles. The van der Waals surface area contributed by atoms with E-state index in [0.717, 1.165) is 0 Å². The van der Waals surface area contributed by atoms with E-state index in [-0.39, 0.29) is 24.1 Å². The van der Waals surface area contributed by atoms with Crippen LogP contribution in [0.2, 0.25) is 0 Å². The average Bonchev–Trinajstić information content (AvgIpc) is 3.36. The topological polar surface area (TPSA) is 99.9 Å². The molecule has 0 radical (unpaired) electrons. The minimum Gasteiger partial charge on any atom is -0.315 e. The minimum absolute atomic E-state index is 0.0196. The molecular weight excluding hydrogens is 396 g/mol. The van der Waals surface area contributed by atoms with Gasteiger partial charge in [0.2, 0.25) is 11.8 Å². The second-order valence-corrected chi connectivity index (χ2v) is 8.00. The van der Waals surface area contributed by atoms with E-state index in [0.29, 0.717) is 48.5 Å². The summed E-state index contributed by atoms with van der Waals surface area (Å²) in [5, 5.41) is 7.01. The van der Waals surface area contributed by atoms with E-state index in [1.165, 1.54) is 0 Å². The summed E-state index contributed by atoms with van der Waals surface area (Å²) in [6.45, 7) is 2.31. The van der Waals surface area contributed by atoms with E-state index >= 15 is 0 Å². The monoisotopic (exact) mass is 418 g/mol. The molecule has 0 spiro atoms. The number of amides is 3. The zero-order chi connectivity index (χ0) is 21.6. The molecule has 31 heavy (non-hydrogen) atoms. The molecule has 9 heteroatoms. The molecule has 0 bridgehead atoms. The molecule has 3 amide bonds. The van der Waals surface area contributed by atoms with Gasteiger partial charge in [-0.15, -0.1) is 0 Å². The smallest absolute Gasteiger partial charge is 0.257 e. The third kappa shape index (κ3) is 3.04. The summed E-state index contributed by atoms with van der Waals surface area (Å²) in [6, 6.07) is 10.7. The molecule has 4 heterocycles. The van der Waals surface area contributed by atoms with Gasteiger partial charge in [-0.3, -0.25) is 19.3 Å². The fourth-order valence-corrected chi connectivity index (χ4v) is 4.57. The van der Waals surface area contributed by atoms with Crippen molar-refractivity contribution in [3.05, 3.63) is 54.4 Å². The highest BCUT2D eigenvalue weighted by atomic mass is 16.2. The van der Waals surface area contributed by atoms with Crippen LogP contribution in [0.1, 0.15) is 43.0 Å². The average molecular weight is 418 g/mol. The number of carbonyl (C=O) groups excluding carboxylic acids is 3. The number of nitrogens with zero attached hydrogens (tertiary/aromatic N) is 5. The number of rotatable bonds is 5. The summed E-state index contributed by atoms with van der Waals surface area (Å²) in [7, 11) is 0.